The molecule has 0 saturated carbocycles. The van der Waals surface area contributed by atoms with Crippen molar-refractivity contribution in [2.45, 2.75) is 32.7 Å². The van der Waals surface area contributed by atoms with Gasteiger partial charge in [-0.05, 0) is 18.8 Å². The van der Waals surface area contributed by atoms with Crippen LogP contribution in [0.4, 0.5) is 0 Å². The molecule has 0 saturated heterocycles. The summed E-state index contributed by atoms with van der Waals surface area (Å²) in [5.74, 6) is 0.227. The molecular formula is C10H17NO2. The van der Waals surface area contributed by atoms with E-state index in [1.807, 2.05) is 13.8 Å². The van der Waals surface area contributed by atoms with Crippen molar-refractivity contribution < 1.29 is 9.53 Å². The largest absolute Gasteiger partial charge is 0.501 e. The van der Waals surface area contributed by atoms with E-state index >= 15 is 0 Å². The van der Waals surface area contributed by atoms with Crippen LogP contribution in [0, 0.1) is 5.92 Å². The second-order valence-electron chi connectivity index (χ2n) is 3.75. The molecule has 74 valence electrons. The average molecular weight is 183 g/mol. The first-order valence-corrected chi connectivity index (χ1v) is 4.73. The van der Waals surface area contributed by atoms with Crippen LogP contribution >= 0.6 is 0 Å². The van der Waals surface area contributed by atoms with Crippen LogP contribution in [-0.4, -0.2) is 18.4 Å². The summed E-state index contributed by atoms with van der Waals surface area (Å²) in [5, 5.41) is 0. The van der Waals surface area contributed by atoms with Gasteiger partial charge in [0.05, 0.1) is 18.9 Å². The fourth-order valence-corrected chi connectivity index (χ4v) is 1.26. The van der Waals surface area contributed by atoms with E-state index in [1.54, 1.807) is 6.26 Å². The SMILES string of the molecule is CC(C)C(N)C(=O)C1=COCCC1. The minimum absolute atomic E-state index is 0.0368. The topological polar surface area (TPSA) is 52.3 Å². The van der Waals surface area contributed by atoms with Crippen LogP contribution in [-0.2, 0) is 9.53 Å². The highest BCUT2D eigenvalue weighted by Gasteiger charge is 2.22. The second-order valence-corrected chi connectivity index (χ2v) is 3.75. The van der Waals surface area contributed by atoms with Crippen molar-refractivity contribution in [2.75, 3.05) is 6.61 Å². The van der Waals surface area contributed by atoms with Gasteiger partial charge in [-0.15, -0.1) is 0 Å². The van der Waals surface area contributed by atoms with Crippen LogP contribution < -0.4 is 5.73 Å². The Kier molecular flexibility index (Phi) is 3.48. The maximum absolute atomic E-state index is 11.7. The fourth-order valence-electron chi connectivity index (χ4n) is 1.26. The first kappa shape index (κ1) is 10.3. The van der Waals surface area contributed by atoms with Crippen molar-refractivity contribution in [3.63, 3.8) is 0 Å². The molecule has 1 heterocycles. The third-order valence-corrected chi connectivity index (χ3v) is 2.27. The third kappa shape index (κ3) is 2.56. The highest BCUT2D eigenvalue weighted by Crippen LogP contribution is 2.16. The first-order valence-electron chi connectivity index (χ1n) is 4.73. The molecule has 0 aromatic heterocycles. The Labute approximate surface area is 78.9 Å². The number of hydrogen-bond acceptors (Lipinski definition) is 3. The minimum Gasteiger partial charge on any atom is -0.501 e. The summed E-state index contributed by atoms with van der Waals surface area (Å²) in [6.45, 7) is 4.62. The molecule has 2 N–H and O–H groups in total. The van der Waals surface area contributed by atoms with Gasteiger partial charge in [-0.2, -0.15) is 0 Å². The molecule has 0 amide bonds. The molecule has 0 radical (unpaired) electrons. The number of Topliss-reactive ketones (excluding diaryl/α,β-unsaturated/α-hetero) is 1. The van der Waals surface area contributed by atoms with Gasteiger partial charge in [0.25, 0.3) is 0 Å². The molecule has 0 aliphatic carbocycles. The molecule has 1 atom stereocenters. The van der Waals surface area contributed by atoms with E-state index in [4.69, 9.17) is 10.5 Å². The zero-order valence-electron chi connectivity index (χ0n) is 8.25. The van der Waals surface area contributed by atoms with Crippen LogP contribution in [0.2, 0.25) is 0 Å². The lowest BCUT2D eigenvalue weighted by molar-refractivity contribution is -0.118. The monoisotopic (exact) mass is 183 g/mol. The van der Waals surface area contributed by atoms with Gasteiger partial charge >= 0.3 is 0 Å². The highest BCUT2D eigenvalue weighted by molar-refractivity contribution is 5.99. The van der Waals surface area contributed by atoms with Gasteiger partial charge in [0, 0.05) is 5.57 Å². The quantitative estimate of drug-likeness (QED) is 0.716. The third-order valence-electron chi connectivity index (χ3n) is 2.27. The summed E-state index contributed by atoms with van der Waals surface area (Å²) in [6, 6.07) is -0.382. The number of carbonyl (C=O) groups excluding carboxylic acids is 1. The maximum Gasteiger partial charge on any atom is 0.178 e. The number of carbonyl (C=O) groups is 1. The number of hydrogen-bond donors (Lipinski definition) is 1. The van der Waals surface area contributed by atoms with E-state index in [2.05, 4.69) is 0 Å². The summed E-state index contributed by atoms with van der Waals surface area (Å²) < 4.78 is 5.09. The van der Waals surface area contributed by atoms with E-state index in [9.17, 15) is 4.79 Å². The van der Waals surface area contributed by atoms with Crippen molar-refractivity contribution in [3.05, 3.63) is 11.8 Å². The van der Waals surface area contributed by atoms with Crippen molar-refractivity contribution in [3.8, 4) is 0 Å². The predicted octanol–water partition coefficient (Wildman–Crippen LogP) is 1.23. The van der Waals surface area contributed by atoms with Crippen LogP contribution in [0.5, 0.6) is 0 Å². The molecule has 0 aromatic rings. The molecule has 1 rings (SSSR count). The standard InChI is InChI=1S/C10H17NO2/c1-7(2)9(11)10(12)8-4-3-5-13-6-8/h6-7,9H,3-5,11H2,1-2H3. The Morgan fingerprint density at radius 3 is 2.77 bits per heavy atom. The van der Waals surface area contributed by atoms with Gasteiger partial charge in [-0.1, -0.05) is 13.8 Å². The fraction of sp³-hybridized carbons (Fsp3) is 0.700. The maximum atomic E-state index is 11.7. The van der Waals surface area contributed by atoms with E-state index in [0.717, 1.165) is 18.4 Å². The molecule has 1 aliphatic rings. The zero-order chi connectivity index (χ0) is 9.84. The molecule has 0 bridgehead atoms. The van der Waals surface area contributed by atoms with Gasteiger partial charge in [0.2, 0.25) is 0 Å². The molecule has 1 aliphatic heterocycles. The summed E-state index contributed by atoms with van der Waals surface area (Å²) in [4.78, 5) is 11.7. The Hall–Kier alpha value is -0.830. The smallest absolute Gasteiger partial charge is 0.178 e. The van der Waals surface area contributed by atoms with Crippen LogP contribution in [0.25, 0.3) is 0 Å². The first-order chi connectivity index (χ1) is 6.13. The molecule has 3 nitrogen and oxygen atoms in total. The molecule has 3 heteroatoms. The van der Waals surface area contributed by atoms with Crippen molar-refractivity contribution >= 4 is 5.78 Å². The molecule has 0 aromatic carbocycles. The van der Waals surface area contributed by atoms with E-state index in [-0.39, 0.29) is 17.7 Å². The van der Waals surface area contributed by atoms with Crippen LogP contribution in [0.15, 0.2) is 11.8 Å². The average Bonchev–Trinajstić information content (AvgIpc) is 2.17. The Bertz CT molecular complexity index is 221. The van der Waals surface area contributed by atoms with Crippen LogP contribution in [0.1, 0.15) is 26.7 Å². The minimum atomic E-state index is -0.382. The van der Waals surface area contributed by atoms with Gasteiger partial charge in [0.15, 0.2) is 5.78 Å². The second kappa shape index (κ2) is 4.42. The van der Waals surface area contributed by atoms with E-state index < -0.39 is 0 Å². The summed E-state index contributed by atoms with van der Waals surface area (Å²) in [7, 11) is 0. The number of ketones is 1. The zero-order valence-corrected chi connectivity index (χ0v) is 8.25. The lowest BCUT2D eigenvalue weighted by atomic mass is 9.94. The Morgan fingerprint density at radius 2 is 2.31 bits per heavy atom. The molecule has 13 heavy (non-hydrogen) atoms. The lowest BCUT2D eigenvalue weighted by Gasteiger charge is -2.18. The molecule has 1 unspecified atom stereocenters. The molecule has 0 fully saturated rings. The van der Waals surface area contributed by atoms with Crippen molar-refractivity contribution in [2.24, 2.45) is 11.7 Å². The normalized spacial score (nSPS) is 19.2. The predicted molar refractivity (Wildman–Crippen MR) is 51.1 cm³/mol. The Morgan fingerprint density at radius 1 is 1.62 bits per heavy atom. The van der Waals surface area contributed by atoms with Gasteiger partial charge in [0.1, 0.15) is 0 Å². The summed E-state index contributed by atoms with van der Waals surface area (Å²) in [6.07, 6.45) is 3.29. The highest BCUT2D eigenvalue weighted by atomic mass is 16.5. The number of nitrogens with two attached hydrogens (primary N) is 1. The van der Waals surface area contributed by atoms with Gasteiger partial charge in [-0.3, -0.25) is 4.79 Å². The number of rotatable bonds is 3. The van der Waals surface area contributed by atoms with Crippen molar-refractivity contribution in [1.82, 2.24) is 0 Å². The summed E-state index contributed by atoms with van der Waals surface area (Å²) in [5.41, 5.74) is 6.49. The van der Waals surface area contributed by atoms with E-state index in [0.29, 0.717) is 6.61 Å². The van der Waals surface area contributed by atoms with Gasteiger partial charge in [-0.25, -0.2) is 0 Å². The van der Waals surface area contributed by atoms with Gasteiger partial charge < -0.3 is 10.5 Å². The van der Waals surface area contributed by atoms with E-state index in [1.165, 1.54) is 0 Å². The van der Waals surface area contributed by atoms with Crippen LogP contribution in [0.3, 0.4) is 0 Å². The number of ether oxygens (including phenoxy) is 1. The lowest BCUT2D eigenvalue weighted by Crippen LogP contribution is -2.37. The Balaban J connectivity index is 2.60. The summed E-state index contributed by atoms with van der Waals surface area (Å²) >= 11 is 0. The molecule has 0 spiro atoms. The van der Waals surface area contributed by atoms with Crippen molar-refractivity contribution in [1.29, 1.82) is 0 Å². The molecular weight excluding hydrogens is 166 g/mol.